The monoisotopic (exact) mass is 277 g/mol. The van der Waals surface area contributed by atoms with E-state index in [4.69, 9.17) is 0 Å². The molecule has 1 N–H and O–H groups in total. The van der Waals surface area contributed by atoms with Crippen molar-refractivity contribution < 1.29 is 13.2 Å². The van der Waals surface area contributed by atoms with Crippen molar-refractivity contribution in [3.8, 4) is 0 Å². The highest BCUT2D eigenvalue weighted by Gasteiger charge is 2.45. The molecule has 0 aliphatic heterocycles. The standard InChI is InChI=1S/C15H26F3N/c1-14(9-5-2-6-10-14)11-19-13-8-4-3-7-12(13)15(16,17)18/h12-13,19H,2-11H2,1H3. The second-order valence-electron chi connectivity index (χ2n) is 6.79. The first-order valence-corrected chi connectivity index (χ1v) is 7.71. The first kappa shape index (κ1) is 15.1. The maximum absolute atomic E-state index is 13.0. The van der Waals surface area contributed by atoms with E-state index in [-0.39, 0.29) is 11.5 Å². The summed E-state index contributed by atoms with van der Waals surface area (Å²) in [6, 6.07) is -0.354. The van der Waals surface area contributed by atoms with Gasteiger partial charge in [0, 0.05) is 12.6 Å². The lowest BCUT2D eigenvalue weighted by Gasteiger charge is -2.39. The Hall–Kier alpha value is -0.250. The Balaban J connectivity index is 1.89. The molecule has 0 bridgehead atoms. The van der Waals surface area contributed by atoms with Gasteiger partial charge in [-0.2, -0.15) is 13.2 Å². The Kier molecular flexibility index (Phi) is 4.80. The SMILES string of the molecule is CC1(CNC2CCCCC2C(F)(F)F)CCCCC1. The summed E-state index contributed by atoms with van der Waals surface area (Å²) in [4.78, 5) is 0. The maximum atomic E-state index is 13.0. The van der Waals surface area contributed by atoms with E-state index in [0.29, 0.717) is 12.8 Å². The van der Waals surface area contributed by atoms with Crippen LogP contribution in [0.1, 0.15) is 64.7 Å². The second-order valence-corrected chi connectivity index (χ2v) is 6.79. The summed E-state index contributed by atoms with van der Waals surface area (Å²) in [6.07, 6.45) is 4.65. The van der Waals surface area contributed by atoms with E-state index in [1.165, 1.54) is 19.3 Å². The van der Waals surface area contributed by atoms with Crippen LogP contribution >= 0.6 is 0 Å². The zero-order chi connectivity index (χ0) is 13.9. The van der Waals surface area contributed by atoms with Crippen LogP contribution in [0.2, 0.25) is 0 Å². The van der Waals surface area contributed by atoms with E-state index in [1.54, 1.807) is 0 Å². The third-order valence-electron chi connectivity index (χ3n) is 5.04. The molecule has 19 heavy (non-hydrogen) atoms. The number of rotatable bonds is 3. The average Bonchev–Trinajstić information content (AvgIpc) is 2.37. The van der Waals surface area contributed by atoms with E-state index < -0.39 is 12.1 Å². The van der Waals surface area contributed by atoms with Crippen molar-refractivity contribution >= 4 is 0 Å². The topological polar surface area (TPSA) is 12.0 Å². The largest absolute Gasteiger partial charge is 0.393 e. The molecule has 2 rings (SSSR count). The van der Waals surface area contributed by atoms with Gasteiger partial charge in [0.15, 0.2) is 0 Å². The van der Waals surface area contributed by atoms with Crippen molar-refractivity contribution in [1.82, 2.24) is 5.32 Å². The summed E-state index contributed by atoms with van der Waals surface area (Å²) in [5.74, 6) is -1.13. The molecule has 0 aromatic rings. The van der Waals surface area contributed by atoms with Gasteiger partial charge < -0.3 is 5.32 Å². The zero-order valence-electron chi connectivity index (χ0n) is 11.9. The Labute approximate surface area is 114 Å². The summed E-state index contributed by atoms with van der Waals surface area (Å²) in [5.41, 5.74) is 0.214. The predicted octanol–water partition coefficient (Wildman–Crippen LogP) is 4.67. The minimum absolute atomic E-state index is 0.214. The molecule has 2 saturated carbocycles. The highest BCUT2D eigenvalue weighted by Crippen LogP contribution is 2.39. The predicted molar refractivity (Wildman–Crippen MR) is 71.0 cm³/mol. The van der Waals surface area contributed by atoms with Crippen molar-refractivity contribution in [3.05, 3.63) is 0 Å². The lowest BCUT2D eigenvalue weighted by molar-refractivity contribution is -0.189. The summed E-state index contributed by atoms with van der Waals surface area (Å²) in [6.45, 7) is 2.98. The molecular weight excluding hydrogens is 251 g/mol. The smallest absolute Gasteiger partial charge is 0.313 e. The van der Waals surface area contributed by atoms with Gasteiger partial charge in [-0.1, -0.05) is 39.0 Å². The van der Waals surface area contributed by atoms with E-state index in [9.17, 15) is 13.2 Å². The molecule has 2 fully saturated rings. The van der Waals surface area contributed by atoms with Gasteiger partial charge in [-0.05, 0) is 31.1 Å². The fraction of sp³-hybridized carbons (Fsp3) is 1.00. The molecule has 0 aromatic carbocycles. The van der Waals surface area contributed by atoms with E-state index in [2.05, 4.69) is 12.2 Å². The summed E-state index contributed by atoms with van der Waals surface area (Å²) >= 11 is 0. The Bertz CT molecular complexity index is 282. The van der Waals surface area contributed by atoms with Gasteiger partial charge in [0.2, 0.25) is 0 Å². The molecule has 2 atom stereocenters. The molecule has 1 nitrogen and oxygen atoms in total. The fourth-order valence-corrected chi connectivity index (χ4v) is 3.73. The lowest BCUT2D eigenvalue weighted by atomic mass is 9.75. The van der Waals surface area contributed by atoms with Crippen LogP contribution in [-0.2, 0) is 0 Å². The van der Waals surface area contributed by atoms with E-state index >= 15 is 0 Å². The quantitative estimate of drug-likeness (QED) is 0.790. The minimum Gasteiger partial charge on any atom is -0.313 e. The Morgan fingerprint density at radius 3 is 2.26 bits per heavy atom. The second kappa shape index (κ2) is 6.02. The van der Waals surface area contributed by atoms with Gasteiger partial charge in [-0.25, -0.2) is 0 Å². The summed E-state index contributed by atoms with van der Waals surface area (Å²) in [7, 11) is 0. The van der Waals surface area contributed by atoms with Crippen LogP contribution < -0.4 is 5.32 Å². The van der Waals surface area contributed by atoms with Crippen LogP contribution in [-0.4, -0.2) is 18.8 Å². The zero-order valence-corrected chi connectivity index (χ0v) is 11.9. The number of hydrogen-bond acceptors (Lipinski definition) is 1. The molecule has 0 saturated heterocycles. The number of nitrogens with one attached hydrogen (secondary N) is 1. The summed E-state index contributed by atoms with van der Waals surface area (Å²) < 4.78 is 39.0. The van der Waals surface area contributed by atoms with Crippen molar-refractivity contribution in [2.24, 2.45) is 11.3 Å². The molecular formula is C15H26F3N. The molecule has 0 radical (unpaired) electrons. The highest BCUT2D eigenvalue weighted by atomic mass is 19.4. The average molecular weight is 277 g/mol. The Morgan fingerprint density at radius 1 is 1.00 bits per heavy atom. The number of alkyl halides is 3. The molecule has 0 heterocycles. The third-order valence-corrected chi connectivity index (χ3v) is 5.04. The fourth-order valence-electron chi connectivity index (χ4n) is 3.73. The molecule has 0 spiro atoms. The van der Waals surface area contributed by atoms with Crippen LogP contribution in [0, 0.1) is 11.3 Å². The third kappa shape index (κ3) is 4.11. The van der Waals surface area contributed by atoms with Gasteiger partial charge in [0.1, 0.15) is 0 Å². The van der Waals surface area contributed by atoms with Crippen molar-refractivity contribution in [2.45, 2.75) is 76.9 Å². The first-order chi connectivity index (χ1) is 8.91. The van der Waals surface area contributed by atoms with Crippen LogP contribution in [0.15, 0.2) is 0 Å². The highest BCUT2D eigenvalue weighted by molar-refractivity contribution is 4.88. The molecule has 4 heteroatoms. The van der Waals surface area contributed by atoms with Gasteiger partial charge in [-0.15, -0.1) is 0 Å². The van der Waals surface area contributed by atoms with Gasteiger partial charge in [0.05, 0.1) is 5.92 Å². The van der Waals surface area contributed by atoms with Crippen LogP contribution in [0.25, 0.3) is 0 Å². The number of halogens is 3. The normalized spacial score (nSPS) is 32.2. The van der Waals surface area contributed by atoms with Crippen molar-refractivity contribution in [2.75, 3.05) is 6.54 Å². The minimum atomic E-state index is -4.04. The molecule has 112 valence electrons. The van der Waals surface area contributed by atoms with Gasteiger partial charge >= 0.3 is 6.18 Å². The first-order valence-electron chi connectivity index (χ1n) is 7.71. The van der Waals surface area contributed by atoms with Crippen molar-refractivity contribution in [1.29, 1.82) is 0 Å². The summed E-state index contributed by atoms with van der Waals surface area (Å²) in [5, 5.41) is 3.27. The Morgan fingerprint density at radius 2 is 1.63 bits per heavy atom. The molecule has 2 unspecified atom stereocenters. The van der Waals surface area contributed by atoms with E-state index in [0.717, 1.165) is 32.2 Å². The molecule has 0 amide bonds. The van der Waals surface area contributed by atoms with Crippen molar-refractivity contribution in [3.63, 3.8) is 0 Å². The molecule has 2 aliphatic rings. The van der Waals surface area contributed by atoms with Crippen LogP contribution in [0.3, 0.4) is 0 Å². The van der Waals surface area contributed by atoms with Gasteiger partial charge in [0.25, 0.3) is 0 Å². The van der Waals surface area contributed by atoms with Gasteiger partial charge in [-0.3, -0.25) is 0 Å². The molecule has 0 aromatic heterocycles. The maximum Gasteiger partial charge on any atom is 0.393 e. The lowest BCUT2D eigenvalue weighted by Crippen LogP contribution is -2.48. The molecule has 2 aliphatic carbocycles. The van der Waals surface area contributed by atoms with Crippen LogP contribution in [0.4, 0.5) is 13.2 Å². The van der Waals surface area contributed by atoms with E-state index in [1.807, 2.05) is 0 Å². The van der Waals surface area contributed by atoms with Crippen LogP contribution in [0.5, 0.6) is 0 Å². The number of hydrogen-bond donors (Lipinski definition) is 1.